The minimum atomic E-state index is -0.444. The van der Waals surface area contributed by atoms with Gasteiger partial charge >= 0.3 is 0 Å². The standard InChI is InChI=1S/C16H42O7Si4/c1-17-13(18-2)25-10-7-16(23-24,8-11-26-14(19-3)20-4)9-12-27-15(21-5)22-6/h13-15H,7-12,25-27H2,1-6,24H3. The zero-order valence-electron chi connectivity index (χ0n) is 18.5. The highest BCUT2D eigenvalue weighted by molar-refractivity contribution is 6.37. The van der Waals surface area contributed by atoms with Crippen LogP contribution in [-0.4, -0.2) is 105 Å². The Labute approximate surface area is 175 Å². The third kappa shape index (κ3) is 12.0. The second kappa shape index (κ2) is 17.4. The summed E-state index contributed by atoms with van der Waals surface area (Å²) in [6.07, 6.45) is 3.26. The van der Waals surface area contributed by atoms with Gasteiger partial charge in [0.15, 0.2) is 0 Å². The fourth-order valence-electron chi connectivity index (χ4n) is 3.45. The van der Waals surface area contributed by atoms with E-state index in [1.807, 2.05) is 0 Å². The second-order valence-electron chi connectivity index (χ2n) is 6.77. The van der Waals surface area contributed by atoms with Crippen LogP contribution >= 0.6 is 0 Å². The Morgan fingerprint density at radius 1 is 0.593 bits per heavy atom. The van der Waals surface area contributed by atoms with Crippen molar-refractivity contribution < 1.29 is 32.8 Å². The summed E-state index contributed by atoms with van der Waals surface area (Å²) in [4.78, 5) is 0. The van der Waals surface area contributed by atoms with Crippen molar-refractivity contribution in [1.82, 2.24) is 0 Å². The smallest absolute Gasteiger partial charge is 0.146 e. The number of methoxy groups -OCH3 is 6. The molecular weight excluding hydrogens is 417 g/mol. The van der Waals surface area contributed by atoms with E-state index in [1.54, 1.807) is 42.7 Å². The van der Waals surface area contributed by atoms with Crippen LogP contribution < -0.4 is 0 Å². The summed E-state index contributed by atoms with van der Waals surface area (Å²) in [5.41, 5.74) is -0.0245. The minimum Gasteiger partial charge on any atom is -0.423 e. The van der Waals surface area contributed by atoms with Crippen molar-refractivity contribution in [3.05, 3.63) is 0 Å². The average Bonchev–Trinajstić information content (AvgIpc) is 2.71. The Morgan fingerprint density at radius 3 is 1.04 bits per heavy atom. The van der Waals surface area contributed by atoms with Crippen LogP contribution in [0.5, 0.6) is 0 Å². The third-order valence-corrected chi connectivity index (χ3v) is 11.8. The van der Waals surface area contributed by atoms with Gasteiger partial charge in [-0.3, -0.25) is 0 Å². The second-order valence-corrected chi connectivity index (χ2v) is 13.0. The maximum Gasteiger partial charge on any atom is 0.146 e. The van der Waals surface area contributed by atoms with Gasteiger partial charge in [0.25, 0.3) is 0 Å². The predicted molar refractivity (Wildman–Crippen MR) is 121 cm³/mol. The van der Waals surface area contributed by atoms with E-state index in [9.17, 15) is 0 Å². The van der Waals surface area contributed by atoms with Gasteiger partial charge in [0, 0.05) is 42.7 Å². The molecule has 0 N–H and O–H groups in total. The molecule has 164 valence electrons. The third-order valence-electron chi connectivity index (χ3n) is 5.23. The molecule has 0 radical (unpaired) electrons. The van der Waals surface area contributed by atoms with Crippen molar-refractivity contribution >= 4 is 39.0 Å². The number of ether oxygens (including phenoxy) is 6. The van der Waals surface area contributed by atoms with Crippen molar-refractivity contribution in [2.24, 2.45) is 0 Å². The van der Waals surface area contributed by atoms with Crippen LogP contribution in [0, 0.1) is 0 Å². The monoisotopic (exact) mass is 458 g/mol. The summed E-state index contributed by atoms with van der Waals surface area (Å²) in [7, 11) is 9.75. The van der Waals surface area contributed by atoms with E-state index in [4.69, 9.17) is 32.8 Å². The SMILES string of the molecule is COC(OC)[SiH2]CCC(CC[SiH2]C(OC)OC)(CC[SiH2]C(OC)OC)O[SiH3]. The van der Waals surface area contributed by atoms with Crippen LogP contribution in [0.2, 0.25) is 18.1 Å². The molecule has 11 heteroatoms. The lowest BCUT2D eigenvalue weighted by Crippen LogP contribution is -2.36. The van der Waals surface area contributed by atoms with Crippen molar-refractivity contribution in [3.8, 4) is 0 Å². The Hall–Kier alpha value is 0.588. The Morgan fingerprint density at radius 2 is 0.852 bits per heavy atom. The average molecular weight is 459 g/mol. The van der Waals surface area contributed by atoms with E-state index in [2.05, 4.69) is 0 Å². The van der Waals surface area contributed by atoms with Gasteiger partial charge in [0.1, 0.15) is 28.2 Å². The summed E-state index contributed by atoms with van der Waals surface area (Å²) in [5.74, 6) is -0.00478. The Balaban J connectivity index is 4.74. The van der Waals surface area contributed by atoms with Gasteiger partial charge in [-0.2, -0.15) is 0 Å². The zero-order valence-corrected chi connectivity index (χ0v) is 24.7. The molecule has 0 rings (SSSR count). The fourth-order valence-corrected chi connectivity index (χ4v) is 9.02. The lowest BCUT2D eigenvalue weighted by atomic mass is 9.94. The summed E-state index contributed by atoms with van der Waals surface area (Å²) in [6.45, 7) is 0. The molecule has 0 aliphatic heterocycles. The molecule has 0 aromatic heterocycles. The summed E-state index contributed by atoms with van der Waals surface area (Å²) >= 11 is 0. The molecule has 0 aliphatic carbocycles. The van der Waals surface area contributed by atoms with Crippen LogP contribution in [-0.2, 0) is 32.8 Å². The van der Waals surface area contributed by atoms with Gasteiger partial charge < -0.3 is 32.8 Å². The maximum atomic E-state index is 6.25. The van der Waals surface area contributed by atoms with Crippen LogP contribution in [0.1, 0.15) is 19.3 Å². The summed E-state index contributed by atoms with van der Waals surface area (Å²) in [5, 5.41) is 0. The first-order valence-electron chi connectivity index (χ1n) is 9.76. The molecule has 0 atom stereocenters. The minimum absolute atomic E-state index is 0.00159. The highest BCUT2D eigenvalue weighted by Crippen LogP contribution is 2.30. The van der Waals surface area contributed by atoms with E-state index in [-0.39, 0.29) is 23.3 Å². The fraction of sp³-hybridized carbons (Fsp3) is 1.00. The predicted octanol–water partition coefficient (Wildman–Crippen LogP) is -1.32. The molecule has 0 saturated heterocycles. The maximum absolute atomic E-state index is 6.25. The van der Waals surface area contributed by atoms with Gasteiger partial charge in [-0.05, 0) is 19.3 Å². The van der Waals surface area contributed by atoms with Crippen molar-refractivity contribution in [3.63, 3.8) is 0 Å². The largest absolute Gasteiger partial charge is 0.423 e. The molecule has 0 saturated carbocycles. The first-order chi connectivity index (χ1) is 13.0. The highest BCUT2D eigenvalue weighted by atomic mass is 28.2. The highest BCUT2D eigenvalue weighted by Gasteiger charge is 2.29. The lowest BCUT2D eigenvalue weighted by molar-refractivity contribution is -0.0454. The zero-order chi connectivity index (χ0) is 20.5. The van der Waals surface area contributed by atoms with E-state index >= 15 is 0 Å². The van der Waals surface area contributed by atoms with Gasteiger partial charge in [0.05, 0.1) is 34.2 Å². The molecule has 0 heterocycles. The first kappa shape index (κ1) is 27.6. The van der Waals surface area contributed by atoms with Crippen molar-refractivity contribution in [2.75, 3.05) is 42.7 Å². The van der Waals surface area contributed by atoms with Gasteiger partial charge in [-0.25, -0.2) is 0 Å². The molecule has 0 fully saturated rings. The Kier molecular flexibility index (Phi) is 17.8. The quantitative estimate of drug-likeness (QED) is 0.176. The number of hydrogen-bond acceptors (Lipinski definition) is 7. The van der Waals surface area contributed by atoms with E-state index in [0.717, 1.165) is 47.9 Å². The van der Waals surface area contributed by atoms with Gasteiger partial charge in [0.2, 0.25) is 0 Å². The first-order valence-corrected chi connectivity index (χ1v) is 16.0. The van der Waals surface area contributed by atoms with Crippen LogP contribution in [0.3, 0.4) is 0 Å². The topological polar surface area (TPSA) is 64.6 Å². The molecule has 0 aromatic rings. The Bertz CT molecular complexity index is 284. The van der Waals surface area contributed by atoms with Gasteiger partial charge in [-0.15, -0.1) is 0 Å². The van der Waals surface area contributed by atoms with Gasteiger partial charge in [-0.1, -0.05) is 18.1 Å². The van der Waals surface area contributed by atoms with Crippen LogP contribution in [0.4, 0.5) is 0 Å². The molecule has 0 aliphatic rings. The van der Waals surface area contributed by atoms with Crippen molar-refractivity contribution in [2.45, 2.75) is 60.7 Å². The summed E-state index contributed by atoms with van der Waals surface area (Å²) in [6, 6.07) is 3.48. The van der Waals surface area contributed by atoms with E-state index in [1.165, 1.54) is 0 Å². The number of hydrogen-bond donors (Lipinski definition) is 0. The molecule has 27 heavy (non-hydrogen) atoms. The molecule has 0 amide bonds. The van der Waals surface area contributed by atoms with E-state index < -0.39 is 28.6 Å². The molecule has 7 nitrogen and oxygen atoms in total. The molecular formula is C16H42O7Si4. The summed E-state index contributed by atoms with van der Waals surface area (Å²) < 4.78 is 38.6. The molecule has 0 bridgehead atoms. The normalized spacial score (nSPS) is 15.9. The molecule has 0 unspecified atom stereocenters. The van der Waals surface area contributed by atoms with E-state index in [0.29, 0.717) is 0 Å². The number of rotatable bonds is 19. The van der Waals surface area contributed by atoms with Crippen LogP contribution in [0.25, 0.3) is 0 Å². The lowest BCUT2D eigenvalue weighted by Gasteiger charge is -2.35. The van der Waals surface area contributed by atoms with Crippen LogP contribution in [0.15, 0.2) is 0 Å². The van der Waals surface area contributed by atoms with Crippen molar-refractivity contribution in [1.29, 1.82) is 0 Å². The molecule has 0 aromatic carbocycles. The molecule has 0 spiro atoms.